The fraction of sp³-hybridized carbons (Fsp3) is 0. The normalized spacial score (nSPS) is 11.1. The molecule has 0 radical (unpaired) electrons. The molecule has 5 nitrogen and oxygen atoms in total. The van der Waals surface area contributed by atoms with Crippen molar-refractivity contribution in [3.8, 4) is 35.8 Å². The van der Waals surface area contributed by atoms with Gasteiger partial charge in [0.1, 0.15) is 46.5 Å². The van der Waals surface area contributed by atoms with E-state index in [0.717, 1.165) is 0 Å². The van der Waals surface area contributed by atoms with Crippen molar-refractivity contribution in [2.24, 2.45) is 0 Å². The molecule has 0 atom stereocenters. The summed E-state index contributed by atoms with van der Waals surface area (Å²) in [6.07, 6.45) is 0. The number of hydrogen-bond donors (Lipinski definition) is 0. The topological polar surface area (TPSA) is 104 Å². The molecule has 1 heterocycles. The van der Waals surface area contributed by atoms with Gasteiger partial charge >= 0.3 is 0 Å². The first kappa shape index (κ1) is 17.1. The zero-order valence-corrected chi connectivity index (χ0v) is 12.9. The molecule has 0 unspecified atom stereocenters. The average molecular weight is 372 g/mol. The Balaban J connectivity index is 2.39. The van der Waals surface area contributed by atoms with Gasteiger partial charge in [-0.2, -0.15) is 21.0 Å². The third-order valence-electron chi connectivity index (χ3n) is 3.44. The second-order valence-corrected chi connectivity index (χ2v) is 5.74. The van der Waals surface area contributed by atoms with Crippen LogP contribution in [0.3, 0.4) is 0 Å². The van der Waals surface area contributed by atoms with Crippen LogP contribution >= 0.6 is 11.8 Å². The predicted octanol–water partition coefficient (Wildman–Crippen LogP) is 3.99. The van der Waals surface area contributed by atoms with Gasteiger partial charge in [-0.25, -0.2) is 17.6 Å². The fourth-order valence-corrected chi connectivity index (χ4v) is 3.32. The van der Waals surface area contributed by atoms with Gasteiger partial charge in [0.05, 0.1) is 9.79 Å². The van der Waals surface area contributed by atoms with E-state index in [1.54, 1.807) is 0 Å². The molecule has 124 valence electrons. The molecule has 26 heavy (non-hydrogen) atoms. The van der Waals surface area contributed by atoms with E-state index in [4.69, 9.17) is 25.8 Å². The molecule has 0 amide bonds. The summed E-state index contributed by atoms with van der Waals surface area (Å²) in [5, 5.41) is 35.7. The van der Waals surface area contributed by atoms with Gasteiger partial charge in [-0.15, -0.1) is 0 Å². The molecule has 2 aromatic rings. The van der Waals surface area contributed by atoms with Crippen molar-refractivity contribution in [2.45, 2.75) is 9.79 Å². The Bertz CT molecular complexity index is 999. The lowest BCUT2D eigenvalue weighted by Crippen LogP contribution is -2.10. The fourth-order valence-electron chi connectivity index (χ4n) is 2.28. The Morgan fingerprint density at radius 1 is 0.577 bits per heavy atom. The van der Waals surface area contributed by atoms with E-state index in [-0.39, 0.29) is 11.8 Å². The highest BCUT2D eigenvalue weighted by Gasteiger charge is 2.36. The van der Waals surface area contributed by atoms with Crippen LogP contribution < -0.4 is 4.74 Å². The number of rotatable bonds is 0. The highest BCUT2D eigenvalue weighted by molar-refractivity contribution is 7.99. The summed E-state index contributed by atoms with van der Waals surface area (Å²) in [5.74, 6) is -7.38. The van der Waals surface area contributed by atoms with Crippen LogP contribution in [0.25, 0.3) is 0 Å². The standard InChI is InChI=1S/C16F4N4OS/c17-9-5(1-21)7(3-23)11(19)15-13(9)25-14-10(18)6(2-22)8(4-24)12(20)16(14)26-15. The second kappa shape index (κ2) is 5.97. The minimum atomic E-state index is -1.43. The van der Waals surface area contributed by atoms with E-state index < -0.39 is 66.8 Å². The van der Waals surface area contributed by atoms with Crippen molar-refractivity contribution in [1.82, 2.24) is 0 Å². The lowest BCUT2D eigenvalue weighted by atomic mass is 10.1. The summed E-state index contributed by atoms with van der Waals surface area (Å²) in [5.41, 5.74) is -3.75. The SMILES string of the molecule is N#Cc1c(F)c2c(c(F)c1C#N)Sc1c(F)c(C#N)c(C#N)c(F)c1O2. The van der Waals surface area contributed by atoms with Gasteiger partial charge in [-0.3, -0.25) is 0 Å². The van der Waals surface area contributed by atoms with Crippen LogP contribution in [-0.2, 0) is 0 Å². The maximum atomic E-state index is 14.5. The number of halogens is 4. The smallest absolute Gasteiger partial charge is 0.186 e. The van der Waals surface area contributed by atoms with Crippen molar-refractivity contribution in [2.75, 3.05) is 0 Å². The van der Waals surface area contributed by atoms with Crippen LogP contribution in [0.4, 0.5) is 17.6 Å². The first-order valence-corrected chi connectivity index (χ1v) is 7.28. The summed E-state index contributed by atoms with van der Waals surface area (Å²) in [6.45, 7) is 0. The number of benzene rings is 2. The van der Waals surface area contributed by atoms with Crippen LogP contribution in [0, 0.1) is 68.6 Å². The number of hydrogen-bond acceptors (Lipinski definition) is 6. The Labute approximate surface area is 146 Å². The summed E-state index contributed by atoms with van der Waals surface area (Å²) < 4.78 is 62.7. The number of nitriles is 4. The van der Waals surface area contributed by atoms with E-state index in [0.29, 0.717) is 0 Å². The molecular formula is C16F4N4OS. The molecule has 0 saturated heterocycles. The van der Waals surface area contributed by atoms with Crippen molar-refractivity contribution < 1.29 is 22.3 Å². The maximum absolute atomic E-state index is 14.5. The molecule has 1 aliphatic rings. The lowest BCUT2D eigenvalue weighted by molar-refractivity contribution is 0.374. The van der Waals surface area contributed by atoms with Gasteiger partial charge in [0, 0.05) is 0 Å². The molecule has 0 spiro atoms. The largest absolute Gasteiger partial charge is 0.448 e. The van der Waals surface area contributed by atoms with Crippen molar-refractivity contribution in [3.05, 3.63) is 45.5 Å². The molecule has 3 rings (SSSR count). The molecule has 0 fully saturated rings. The van der Waals surface area contributed by atoms with Crippen molar-refractivity contribution >= 4 is 11.8 Å². The Morgan fingerprint density at radius 2 is 0.885 bits per heavy atom. The Morgan fingerprint density at radius 3 is 1.19 bits per heavy atom. The van der Waals surface area contributed by atoms with Crippen LogP contribution in [0.5, 0.6) is 11.5 Å². The third-order valence-corrected chi connectivity index (χ3v) is 4.58. The van der Waals surface area contributed by atoms with Crippen LogP contribution in [0.2, 0.25) is 0 Å². The quantitative estimate of drug-likeness (QED) is 0.553. The first-order chi connectivity index (χ1) is 12.4. The van der Waals surface area contributed by atoms with Crippen molar-refractivity contribution in [3.63, 3.8) is 0 Å². The van der Waals surface area contributed by atoms with Crippen LogP contribution in [-0.4, -0.2) is 0 Å². The highest BCUT2D eigenvalue weighted by Crippen LogP contribution is 2.53. The van der Waals surface area contributed by atoms with Crippen LogP contribution in [0.1, 0.15) is 22.3 Å². The molecule has 10 heteroatoms. The summed E-state index contributed by atoms with van der Waals surface area (Å²) in [6, 6.07) is 5.27. The van der Waals surface area contributed by atoms with Gasteiger partial charge in [0.15, 0.2) is 34.8 Å². The molecule has 1 aliphatic heterocycles. The summed E-state index contributed by atoms with van der Waals surface area (Å²) in [4.78, 5) is -1.37. The minimum Gasteiger partial charge on any atom is -0.448 e. The summed E-state index contributed by atoms with van der Waals surface area (Å²) in [7, 11) is 0. The van der Waals surface area contributed by atoms with Gasteiger partial charge in [0.2, 0.25) is 0 Å². The van der Waals surface area contributed by atoms with Gasteiger partial charge in [-0.05, 0) is 0 Å². The van der Waals surface area contributed by atoms with Gasteiger partial charge in [0.25, 0.3) is 0 Å². The lowest BCUT2D eigenvalue weighted by Gasteiger charge is -2.23. The van der Waals surface area contributed by atoms with E-state index in [1.165, 1.54) is 24.3 Å². The van der Waals surface area contributed by atoms with Gasteiger partial charge in [-0.1, -0.05) is 11.8 Å². The zero-order valence-electron chi connectivity index (χ0n) is 12.1. The first-order valence-electron chi connectivity index (χ1n) is 6.47. The van der Waals surface area contributed by atoms with E-state index in [2.05, 4.69) is 0 Å². The van der Waals surface area contributed by atoms with E-state index in [1.807, 2.05) is 0 Å². The van der Waals surface area contributed by atoms with E-state index in [9.17, 15) is 17.6 Å². The molecular weight excluding hydrogens is 372 g/mol. The number of fused-ring (bicyclic) bond motifs is 2. The molecule has 0 aliphatic carbocycles. The van der Waals surface area contributed by atoms with E-state index >= 15 is 0 Å². The third kappa shape index (κ3) is 2.07. The molecule has 0 aromatic heterocycles. The molecule has 2 aromatic carbocycles. The van der Waals surface area contributed by atoms with Crippen molar-refractivity contribution in [1.29, 1.82) is 21.0 Å². The molecule has 0 bridgehead atoms. The molecule has 0 saturated carbocycles. The van der Waals surface area contributed by atoms with Gasteiger partial charge < -0.3 is 4.74 Å². The van der Waals surface area contributed by atoms with Crippen LogP contribution in [0.15, 0.2) is 9.79 Å². The predicted molar refractivity (Wildman–Crippen MR) is 75.8 cm³/mol. The average Bonchev–Trinajstić information content (AvgIpc) is 2.65. The molecule has 0 N–H and O–H groups in total. The monoisotopic (exact) mass is 372 g/mol. The number of nitrogens with zero attached hydrogens (tertiary/aromatic N) is 4. The zero-order chi connectivity index (χ0) is 19.2. The minimum absolute atomic E-state index is 0.185. The number of ether oxygens (including phenoxy) is 1. The Kier molecular flexibility index (Phi) is 3.93. The highest BCUT2D eigenvalue weighted by atomic mass is 32.2. The summed E-state index contributed by atoms with van der Waals surface area (Å²) >= 11 is 0.185. The Hall–Kier alpha value is -3.73. The second-order valence-electron chi connectivity index (χ2n) is 4.72. The maximum Gasteiger partial charge on any atom is 0.186 e.